The normalized spacial score (nSPS) is 9.94. The minimum absolute atomic E-state index is 0.0557. The molecule has 1 aromatic heterocycles. The molecular formula is C12H9N3O3. The Morgan fingerprint density at radius 3 is 3.06 bits per heavy atom. The van der Waals surface area contributed by atoms with Gasteiger partial charge in [-0.15, -0.1) is 0 Å². The Hall–Kier alpha value is -2.68. The van der Waals surface area contributed by atoms with E-state index in [1.54, 1.807) is 24.3 Å². The summed E-state index contributed by atoms with van der Waals surface area (Å²) in [5.74, 6) is -0.288. The minimum atomic E-state index is -0.916. The molecule has 0 atom stereocenters. The van der Waals surface area contributed by atoms with Crippen molar-refractivity contribution >= 4 is 5.97 Å². The predicted molar refractivity (Wildman–Crippen MR) is 60.4 cm³/mol. The van der Waals surface area contributed by atoms with E-state index in [1.165, 1.54) is 0 Å². The SMILES string of the molecule is N#Cc1cccc(-c2noc(CCC(=O)O)n2)c1. The van der Waals surface area contributed by atoms with Gasteiger partial charge in [0, 0.05) is 12.0 Å². The molecule has 0 aliphatic heterocycles. The van der Waals surface area contributed by atoms with Gasteiger partial charge in [-0.3, -0.25) is 4.79 Å². The van der Waals surface area contributed by atoms with Gasteiger partial charge in [-0.25, -0.2) is 0 Å². The number of aryl methyl sites for hydroxylation is 1. The molecule has 0 unspecified atom stereocenters. The second-order valence-corrected chi connectivity index (χ2v) is 3.60. The number of aromatic nitrogens is 2. The summed E-state index contributed by atoms with van der Waals surface area (Å²) in [6.45, 7) is 0. The molecule has 2 rings (SSSR count). The average Bonchev–Trinajstić information content (AvgIpc) is 2.85. The molecule has 6 nitrogen and oxygen atoms in total. The van der Waals surface area contributed by atoms with Crippen molar-refractivity contribution in [3.8, 4) is 17.5 Å². The van der Waals surface area contributed by atoms with Crippen LogP contribution in [0.1, 0.15) is 17.9 Å². The van der Waals surface area contributed by atoms with Crippen LogP contribution in [0.2, 0.25) is 0 Å². The molecule has 0 saturated heterocycles. The maximum Gasteiger partial charge on any atom is 0.303 e. The topological polar surface area (TPSA) is 100 Å². The first-order valence-corrected chi connectivity index (χ1v) is 5.24. The van der Waals surface area contributed by atoms with Gasteiger partial charge >= 0.3 is 5.97 Å². The van der Waals surface area contributed by atoms with Crippen molar-refractivity contribution in [3.63, 3.8) is 0 Å². The molecule has 2 aromatic rings. The van der Waals surface area contributed by atoms with Crippen LogP contribution in [0.5, 0.6) is 0 Å². The molecule has 0 bridgehead atoms. The van der Waals surface area contributed by atoms with Crippen LogP contribution in [0.25, 0.3) is 11.4 Å². The number of hydrogen-bond donors (Lipinski definition) is 1. The Morgan fingerprint density at radius 1 is 1.50 bits per heavy atom. The lowest BCUT2D eigenvalue weighted by Gasteiger charge is -1.93. The van der Waals surface area contributed by atoms with Crippen LogP contribution < -0.4 is 0 Å². The van der Waals surface area contributed by atoms with E-state index in [0.717, 1.165) is 0 Å². The lowest BCUT2D eigenvalue weighted by Crippen LogP contribution is -1.97. The van der Waals surface area contributed by atoms with E-state index in [0.29, 0.717) is 17.0 Å². The maximum absolute atomic E-state index is 10.4. The van der Waals surface area contributed by atoms with Crippen molar-refractivity contribution in [2.24, 2.45) is 0 Å². The first kappa shape index (κ1) is 11.8. The fraction of sp³-hybridized carbons (Fsp3) is 0.167. The Labute approximate surface area is 102 Å². The van der Waals surface area contributed by atoms with Crippen molar-refractivity contribution in [1.29, 1.82) is 5.26 Å². The van der Waals surface area contributed by atoms with Crippen molar-refractivity contribution < 1.29 is 14.4 Å². The molecule has 90 valence electrons. The summed E-state index contributed by atoms with van der Waals surface area (Å²) in [5.41, 5.74) is 1.17. The van der Waals surface area contributed by atoms with Crippen LogP contribution in [-0.4, -0.2) is 21.2 Å². The smallest absolute Gasteiger partial charge is 0.303 e. The van der Waals surface area contributed by atoms with E-state index in [1.807, 2.05) is 6.07 Å². The first-order chi connectivity index (χ1) is 8.69. The fourth-order valence-corrected chi connectivity index (χ4v) is 1.42. The summed E-state index contributed by atoms with van der Waals surface area (Å²) in [5, 5.41) is 21.1. The quantitative estimate of drug-likeness (QED) is 0.875. The number of nitriles is 1. The molecular weight excluding hydrogens is 234 g/mol. The molecule has 18 heavy (non-hydrogen) atoms. The number of carbonyl (C=O) groups is 1. The zero-order chi connectivity index (χ0) is 13.0. The monoisotopic (exact) mass is 243 g/mol. The van der Waals surface area contributed by atoms with Gasteiger partial charge in [-0.05, 0) is 12.1 Å². The van der Waals surface area contributed by atoms with Crippen LogP contribution in [0.3, 0.4) is 0 Å². The fourth-order valence-electron chi connectivity index (χ4n) is 1.42. The van der Waals surface area contributed by atoms with Gasteiger partial charge in [0.1, 0.15) is 0 Å². The van der Waals surface area contributed by atoms with E-state index in [2.05, 4.69) is 10.1 Å². The Kier molecular flexibility index (Phi) is 3.34. The summed E-state index contributed by atoms with van der Waals surface area (Å²) in [4.78, 5) is 14.5. The van der Waals surface area contributed by atoms with E-state index < -0.39 is 5.97 Å². The third-order valence-corrected chi connectivity index (χ3v) is 2.27. The zero-order valence-electron chi connectivity index (χ0n) is 9.33. The largest absolute Gasteiger partial charge is 0.481 e. The lowest BCUT2D eigenvalue weighted by molar-refractivity contribution is -0.137. The standard InChI is InChI=1S/C12H9N3O3/c13-7-8-2-1-3-9(6-8)12-14-10(18-15-12)4-5-11(16)17/h1-3,6H,4-5H2,(H,16,17). The van der Waals surface area contributed by atoms with E-state index in [9.17, 15) is 4.79 Å². The predicted octanol–water partition coefficient (Wildman–Crippen LogP) is 1.63. The molecule has 0 fully saturated rings. The molecule has 0 aliphatic carbocycles. The van der Waals surface area contributed by atoms with Crippen molar-refractivity contribution in [1.82, 2.24) is 10.1 Å². The number of carboxylic acids is 1. The van der Waals surface area contributed by atoms with Crippen LogP contribution in [0.15, 0.2) is 28.8 Å². The number of hydrogen-bond acceptors (Lipinski definition) is 5. The summed E-state index contributed by atoms with van der Waals surface area (Å²) < 4.78 is 4.94. The third kappa shape index (κ3) is 2.71. The van der Waals surface area contributed by atoms with Gasteiger partial charge in [0.2, 0.25) is 11.7 Å². The Morgan fingerprint density at radius 2 is 2.33 bits per heavy atom. The lowest BCUT2D eigenvalue weighted by atomic mass is 10.1. The Balaban J connectivity index is 2.19. The van der Waals surface area contributed by atoms with Crippen molar-refractivity contribution in [2.45, 2.75) is 12.8 Å². The molecule has 0 aliphatic rings. The maximum atomic E-state index is 10.4. The molecule has 6 heteroatoms. The van der Waals surface area contributed by atoms with Gasteiger partial charge in [-0.2, -0.15) is 10.2 Å². The second kappa shape index (κ2) is 5.10. The highest BCUT2D eigenvalue weighted by atomic mass is 16.5. The van der Waals surface area contributed by atoms with Crippen LogP contribution in [0, 0.1) is 11.3 Å². The zero-order valence-corrected chi connectivity index (χ0v) is 9.33. The minimum Gasteiger partial charge on any atom is -0.481 e. The van der Waals surface area contributed by atoms with Gasteiger partial charge in [0.25, 0.3) is 0 Å². The molecule has 1 heterocycles. The summed E-state index contributed by atoms with van der Waals surface area (Å²) >= 11 is 0. The number of rotatable bonds is 4. The molecule has 1 aromatic carbocycles. The molecule has 1 N–H and O–H groups in total. The molecule has 0 radical (unpaired) electrons. The number of carboxylic acid groups (broad SMARTS) is 1. The van der Waals surface area contributed by atoms with Gasteiger partial charge in [-0.1, -0.05) is 17.3 Å². The number of nitrogens with zero attached hydrogens (tertiary/aromatic N) is 3. The highest BCUT2D eigenvalue weighted by Gasteiger charge is 2.10. The number of aliphatic carboxylic acids is 1. The van der Waals surface area contributed by atoms with Gasteiger partial charge < -0.3 is 9.63 Å². The molecule has 0 spiro atoms. The average molecular weight is 243 g/mol. The van der Waals surface area contributed by atoms with Crippen LogP contribution >= 0.6 is 0 Å². The molecule has 0 saturated carbocycles. The first-order valence-electron chi connectivity index (χ1n) is 5.24. The molecule has 0 amide bonds. The van der Waals surface area contributed by atoms with Gasteiger partial charge in [0.05, 0.1) is 18.1 Å². The van der Waals surface area contributed by atoms with Gasteiger partial charge in [0.15, 0.2) is 0 Å². The summed E-state index contributed by atoms with van der Waals surface area (Å²) in [7, 11) is 0. The number of benzene rings is 1. The Bertz CT molecular complexity index is 613. The summed E-state index contributed by atoms with van der Waals surface area (Å²) in [6, 6.07) is 8.82. The highest BCUT2D eigenvalue weighted by molar-refractivity contribution is 5.66. The van der Waals surface area contributed by atoms with Crippen LogP contribution in [0.4, 0.5) is 0 Å². The van der Waals surface area contributed by atoms with E-state index >= 15 is 0 Å². The summed E-state index contributed by atoms with van der Waals surface area (Å²) in [6.07, 6.45) is 0.139. The van der Waals surface area contributed by atoms with E-state index in [-0.39, 0.29) is 18.7 Å². The van der Waals surface area contributed by atoms with Crippen molar-refractivity contribution in [2.75, 3.05) is 0 Å². The second-order valence-electron chi connectivity index (χ2n) is 3.60. The van der Waals surface area contributed by atoms with E-state index in [4.69, 9.17) is 14.9 Å². The van der Waals surface area contributed by atoms with Crippen LogP contribution in [-0.2, 0) is 11.2 Å². The highest BCUT2D eigenvalue weighted by Crippen LogP contribution is 2.17. The van der Waals surface area contributed by atoms with Crippen molar-refractivity contribution in [3.05, 3.63) is 35.7 Å². The third-order valence-electron chi connectivity index (χ3n) is 2.27.